The van der Waals surface area contributed by atoms with Crippen LogP contribution in [0.5, 0.6) is 5.75 Å². The van der Waals surface area contributed by atoms with Crippen LogP contribution in [-0.4, -0.2) is 77.2 Å². The number of nitrogens with zero attached hydrogens (tertiary/aromatic N) is 2. The van der Waals surface area contributed by atoms with Gasteiger partial charge in [-0.1, -0.05) is 6.07 Å². The van der Waals surface area contributed by atoms with Crippen molar-refractivity contribution < 1.29 is 63.7 Å². The Morgan fingerprint density at radius 2 is 1.47 bits per heavy atom. The molecule has 2 rings (SSSR count). The number of halogens is 9. The van der Waals surface area contributed by atoms with Crippen molar-refractivity contribution in [2.75, 3.05) is 26.2 Å². The molecule has 1 aromatic carbocycles. The van der Waals surface area contributed by atoms with Gasteiger partial charge in [-0.25, -0.2) is 9.59 Å². The number of benzene rings is 1. The molecule has 1 fully saturated rings. The Kier molecular flexibility index (Phi) is 8.32. The van der Waals surface area contributed by atoms with Crippen molar-refractivity contribution in [3.63, 3.8) is 0 Å². The lowest BCUT2D eigenvalue weighted by Gasteiger charge is -2.35. The summed E-state index contributed by atoms with van der Waals surface area (Å²) in [4.78, 5) is 25.4. The number of amides is 1. The smallest absolute Gasteiger partial charge is 0.434 e. The van der Waals surface area contributed by atoms with Gasteiger partial charge in [0.1, 0.15) is 5.75 Å². The summed E-state index contributed by atoms with van der Waals surface area (Å²) in [5.74, 6) is -1.83. The second-order valence-corrected chi connectivity index (χ2v) is 8.35. The highest BCUT2D eigenvalue weighted by molar-refractivity contribution is 5.76. The molecule has 0 aromatic heterocycles. The lowest BCUT2D eigenvalue weighted by atomic mass is 10.1. The van der Waals surface area contributed by atoms with Gasteiger partial charge in [-0.2, -0.15) is 39.5 Å². The molecule has 7 nitrogen and oxygen atoms in total. The minimum Gasteiger partial charge on any atom is -0.478 e. The number of carboxylic acid groups (broad SMARTS) is 1. The molecule has 0 unspecified atom stereocenters. The first kappa shape index (κ1) is 29.3. The van der Waals surface area contributed by atoms with Crippen LogP contribution in [0, 0.1) is 0 Å². The number of hydrogen-bond donors (Lipinski definition) is 1. The maximum atomic E-state index is 13.1. The molecule has 0 spiro atoms. The number of carboxylic acids is 1. The zero-order chi connectivity index (χ0) is 27.7. The van der Waals surface area contributed by atoms with Gasteiger partial charge in [0, 0.05) is 38.3 Å². The molecule has 0 bridgehead atoms. The van der Waals surface area contributed by atoms with E-state index in [-0.39, 0.29) is 44.0 Å². The molecule has 1 aliphatic heterocycles. The molecule has 1 saturated heterocycles. The number of rotatable bonds is 6. The average Bonchev–Trinajstić information content (AvgIpc) is 2.70. The van der Waals surface area contributed by atoms with Gasteiger partial charge in [0.25, 0.3) is 6.10 Å². The SMILES string of the molecule is CC(C)(Oc1cc(C(F)(F)F)ccc1CN1CCN(C(=O)OC(C(F)(F)F)C(F)(F)F)CC1)C(=O)O. The molecular formula is C20H21F9N2O5. The number of carbonyl (C=O) groups excluding carboxylic acids is 1. The summed E-state index contributed by atoms with van der Waals surface area (Å²) in [6.45, 7) is 1.30. The van der Waals surface area contributed by atoms with E-state index in [0.717, 1.165) is 26.0 Å². The van der Waals surface area contributed by atoms with E-state index >= 15 is 0 Å². The normalized spacial score (nSPS) is 16.3. The van der Waals surface area contributed by atoms with Crippen LogP contribution < -0.4 is 4.74 Å². The standard InChI is InChI=1S/C20H21F9N2O5/c1-17(2,15(32)33)36-13-9-12(18(21,22)23)4-3-11(13)10-30-5-7-31(8-6-30)16(34)35-14(19(24,25)26)20(27,28)29/h3-4,9,14H,5-8,10H2,1-2H3,(H,32,33). The molecule has 1 heterocycles. The average molecular weight is 540 g/mol. The lowest BCUT2D eigenvalue weighted by Crippen LogP contribution is -2.52. The third-order valence-corrected chi connectivity index (χ3v) is 5.11. The molecule has 36 heavy (non-hydrogen) atoms. The van der Waals surface area contributed by atoms with Gasteiger partial charge in [-0.15, -0.1) is 0 Å². The number of aliphatic carboxylic acids is 1. The Morgan fingerprint density at radius 3 is 1.92 bits per heavy atom. The van der Waals surface area contributed by atoms with Crippen LogP contribution in [0.1, 0.15) is 25.0 Å². The van der Waals surface area contributed by atoms with Crippen molar-refractivity contribution in [3.8, 4) is 5.75 Å². The monoisotopic (exact) mass is 540 g/mol. The third-order valence-electron chi connectivity index (χ3n) is 5.11. The van der Waals surface area contributed by atoms with Crippen LogP contribution in [0.3, 0.4) is 0 Å². The van der Waals surface area contributed by atoms with Gasteiger partial charge in [-0.3, -0.25) is 4.90 Å². The van der Waals surface area contributed by atoms with E-state index in [2.05, 4.69) is 4.74 Å². The number of carbonyl (C=O) groups is 2. The fraction of sp³-hybridized carbons (Fsp3) is 0.600. The van der Waals surface area contributed by atoms with Gasteiger partial charge in [0.05, 0.1) is 5.56 Å². The molecule has 0 saturated carbocycles. The molecule has 1 N–H and O–H groups in total. The summed E-state index contributed by atoms with van der Waals surface area (Å²) >= 11 is 0. The topological polar surface area (TPSA) is 79.3 Å². The van der Waals surface area contributed by atoms with Crippen molar-refractivity contribution in [2.24, 2.45) is 0 Å². The Morgan fingerprint density at radius 1 is 0.944 bits per heavy atom. The number of piperazine rings is 1. The van der Waals surface area contributed by atoms with Gasteiger partial charge in [-0.05, 0) is 26.0 Å². The molecule has 204 valence electrons. The van der Waals surface area contributed by atoms with Crippen molar-refractivity contribution in [3.05, 3.63) is 29.3 Å². The van der Waals surface area contributed by atoms with E-state index < -0.39 is 47.9 Å². The fourth-order valence-corrected chi connectivity index (χ4v) is 3.10. The molecule has 1 aliphatic rings. The Bertz CT molecular complexity index is 938. The van der Waals surface area contributed by atoms with Crippen molar-refractivity contribution >= 4 is 12.1 Å². The summed E-state index contributed by atoms with van der Waals surface area (Å²) in [6.07, 6.45) is -22.6. The summed E-state index contributed by atoms with van der Waals surface area (Å²) in [6, 6.07) is 2.44. The zero-order valence-electron chi connectivity index (χ0n) is 18.7. The number of ether oxygens (including phenoxy) is 2. The zero-order valence-corrected chi connectivity index (χ0v) is 18.7. The largest absolute Gasteiger partial charge is 0.478 e. The molecule has 1 amide bonds. The van der Waals surface area contributed by atoms with E-state index in [1.165, 1.54) is 4.90 Å². The summed E-state index contributed by atoms with van der Waals surface area (Å²) < 4.78 is 124. The van der Waals surface area contributed by atoms with Crippen molar-refractivity contribution in [1.82, 2.24) is 9.80 Å². The maximum Gasteiger partial charge on any atom is 0.434 e. The van der Waals surface area contributed by atoms with E-state index in [0.29, 0.717) is 11.0 Å². The molecule has 16 heteroatoms. The maximum absolute atomic E-state index is 13.1. The van der Waals surface area contributed by atoms with E-state index in [4.69, 9.17) is 4.74 Å². The second kappa shape index (κ2) is 10.2. The minimum absolute atomic E-state index is 0.0827. The van der Waals surface area contributed by atoms with E-state index in [1.54, 1.807) is 0 Å². The summed E-state index contributed by atoms with van der Waals surface area (Å²) in [5, 5.41) is 9.24. The molecule has 0 aliphatic carbocycles. The lowest BCUT2D eigenvalue weighted by molar-refractivity contribution is -0.308. The highest BCUT2D eigenvalue weighted by Gasteiger charge is 2.60. The Balaban J connectivity index is 2.12. The van der Waals surface area contributed by atoms with Crippen LogP contribution in [0.25, 0.3) is 0 Å². The number of alkyl halides is 9. The highest BCUT2D eigenvalue weighted by Crippen LogP contribution is 2.37. The van der Waals surface area contributed by atoms with Crippen LogP contribution in [0.4, 0.5) is 44.3 Å². The van der Waals surface area contributed by atoms with Gasteiger partial charge in [0.15, 0.2) is 5.60 Å². The third kappa shape index (κ3) is 7.54. The first-order valence-corrected chi connectivity index (χ1v) is 10.2. The minimum atomic E-state index is -5.86. The fourth-order valence-electron chi connectivity index (χ4n) is 3.10. The predicted octanol–water partition coefficient (Wildman–Crippen LogP) is 4.69. The quantitative estimate of drug-likeness (QED) is 0.528. The van der Waals surface area contributed by atoms with E-state index in [9.17, 15) is 54.2 Å². The predicted molar refractivity (Wildman–Crippen MR) is 103 cm³/mol. The van der Waals surface area contributed by atoms with Crippen LogP contribution in [0.15, 0.2) is 18.2 Å². The van der Waals surface area contributed by atoms with Gasteiger partial charge >= 0.3 is 30.6 Å². The molecule has 0 radical (unpaired) electrons. The van der Waals surface area contributed by atoms with Crippen LogP contribution >= 0.6 is 0 Å². The van der Waals surface area contributed by atoms with Crippen LogP contribution in [0.2, 0.25) is 0 Å². The van der Waals surface area contributed by atoms with Gasteiger partial charge in [0.2, 0.25) is 0 Å². The highest BCUT2D eigenvalue weighted by atomic mass is 19.4. The van der Waals surface area contributed by atoms with Crippen LogP contribution in [-0.2, 0) is 22.3 Å². The first-order valence-electron chi connectivity index (χ1n) is 10.2. The Labute approximate surface area is 198 Å². The Hall–Kier alpha value is -2.91. The van der Waals surface area contributed by atoms with Gasteiger partial charge < -0.3 is 19.5 Å². The molecule has 1 aromatic rings. The second-order valence-electron chi connectivity index (χ2n) is 8.35. The van der Waals surface area contributed by atoms with E-state index in [1.807, 2.05) is 0 Å². The molecular weight excluding hydrogens is 519 g/mol. The van der Waals surface area contributed by atoms with Crippen molar-refractivity contribution in [1.29, 1.82) is 0 Å². The summed E-state index contributed by atoms with van der Waals surface area (Å²) in [5.41, 5.74) is -2.85. The number of hydrogen-bond acceptors (Lipinski definition) is 5. The first-order chi connectivity index (χ1) is 16.2. The summed E-state index contributed by atoms with van der Waals surface area (Å²) in [7, 11) is 0. The molecule has 0 atom stereocenters. The van der Waals surface area contributed by atoms with Crippen molar-refractivity contribution in [2.45, 2.75) is 50.6 Å².